The Morgan fingerprint density at radius 3 is 2.41 bits per heavy atom. The summed E-state index contributed by atoms with van der Waals surface area (Å²) in [5, 5.41) is 10.8. The van der Waals surface area contributed by atoms with Gasteiger partial charge in [0.2, 0.25) is 0 Å². The first-order valence-electron chi connectivity index (χ1n) is 5.02. The van der Waals surface area contributed by atoms with E-state index in [1.807, 2.05) is 0 Å². The normalized spacial score (nSPS) is 10.0. The second-order valence-electron chi connectivity index (χ2n) is 3.46. The van der Waals surface area contributed by atoms with Gasteiger partial charge in [-0.25, -0.2) is 0 Å². The number of anilines is 1. The summed E-state index contributed by atoms with van der Waals surface area (Å²) in [6.07, 6.45) is 0. The van der Waals surface area contributed by atoms with E-state index in [4.69, 9.17) is 11.6 Å². The van der Waals surface area contributed by atoms with Crippen LogP contribution in [-0.2, 0) is 0 Å². The molecule has 0 heterocycles. The average Bonchev–Trinajstić information content (AvgIpc) is 2.38. The van der Waals surface area contributed by atoms with Crippen molar-refractivity contribution in [2.75, 3.05) is 5.06 Å². The number of halogens is 1. The first-order valence-corrected chi connectivity index (χ1v) is 5.40. The van der Waals surface area contributed by atoms with Crippen LogP contribution in [0.25, 0.3) is 0 Å². The van der Waals surface area contributed by atoms with E-state index in [1.165, 1.54) is 6.07 Å². The van der Waals surface area contributed by atoms with Crippen molar-refractivity contribution in [3.8, 4) is 0 Å². The highest BCUT2D eigenvalue weighted by atomic mass is 35.5. The number of hydrogen-bond donors (Lipinski definition) is 1. The molecule has 17 heavy (non-hydrogen) atoms. The Bertz CT molecular complexity index is 528. The smallest absolute Gasteiger partial charge is 0.281 e. The molecule has 0 unspecified atom stereocenters. The van der Waals surface area contributed by atoms with Gasteiger partial charge in [-0.15, -0.1) is 0 Å². The van der Waals surface area contributed by atoms with Gasteiger partial charge < -0.3 is 0 Å². The maximum atomic E-state index is 11.9. The number of amides is 1. The van der Waals surface area contributed by atoms with Crippen LogP contribution in [-0.4, -0.2) is 11.1 Å². The third kappa shape index (κ3) is 2.64. The van der Waals surface area contributed by atoms with Crippen molar-refractivity contribution >= 4 is 23.2 Å². The highest BCUT2D eigenvalue weighted by Crippen LogP contribution is 2.19. The Kier molecular flexibility index (Phi) is 3.42. The van der Waals surface area contributed by atoms with Gasteiger partial charge in [-0.1, -0.05) is 35.9 Å². The molecule has 0 aromatic heterocycles. The lowest BCUT2D eigenvalue weighted by atomic mass is 10.2. The van der Waals surface area contributed by atoms with Crippen LogP contribution in [0.15, 0.2) is 54.6 Å². The first-order chi connectivity index (χ1) is 8.18. The number of rotatable bonds is 2. The summed E-state index contributed by atoms with van der Waals surface area (Å²) in [6.45, 7) is 0. The molecule has 3 nitrogen and oxygen atoms in total. The highest BCUT2D eigenvalue weighted by molar-refractivity contribution is 6.30. The molecule has 0 aliphatic heterocycles. The molecule has 2 aromatic rings. The molecule has 2 aromatic carbocycles. The van der Waals surface area contributed by atoms with Gasteiger partial charge in [0.05, 0.1) is 5.69 Å². The fourth-order valence-electron chi connectivity index (χ4n) is 1.43. The minimum atomic E-state index is -0.493. The van der Waals surface area contributed by atoms with Crippen molar-refractivity contribution < 1.29 is 10.0 Å². The van der Waals surface area contributed by atoms with Crippen LogP contribution in [0, 0.1) is 0 Å². The third-order valence-corrected chi connectivity index (χ3v) is 2.50. The fourth-order valence-corrected chi connectivity index (χ4v) is 1.61. The van der Waals surface area contributed by atoms with Crippen molar-refractivity contribution in [1.82, 2.24) is 0 Å². The number of carbonyl (C=O) groups excluding carboxylic acids is 1. The summed E-state index contributed by atoms with van der Waals surface area (Å²) in [5.74, 6) is -0.493. The summed E-state index contributed by atoms with van der Waals surface area (Å²) in [4.78, 5) is 11.9. The van der Waals surface area contributed by atoms with Gasteiger partial charge in [0.15, 0.2) is 0 Å². The molecule has 2 rings (SSSR count). The van der Waals surface area contributed by atoms with Crippen molar-refractivity contribution in [1.29, 1.82) is 0 Å². The molecule has 0 saturated heterocycles. The zero-order valence-corrected chi connectivity index (χ0v) is 9.63. The lowest BCUT2D eigenvalue weighted by molar-refractivity contribution is 0.0855. The number of hydrogen-bond acceptors (Lipinski definition) is 2. The minimum Gasteiger partial charge on any atom is -0.281 e. The summed E-state index contributed by atoms with van der Waals surface area (Å²) < 4.78 is 0. The van der Waals surface area contributed by atoms with E-state index in [2.05, 4.69) is 0 Å². The van der Waals surface area contributed by atoms with Crippen LogP contribution in [0.3, 0.4) is 0 Å². The molecule has 0 fully saturated rings. The molecular formula is C13H10ClNO2. The summed E-state index contributed by atoms with van der Waals surface area (Å²) in [7, 11) is 0. The van der Waals surface area contributed by atoms with E-state index in [-0.39, 0.29) is 0 Å². The Hall–Kier alpha value is -1.84. The SMILES string of the molecule is O=C(c1ccccc1)N(O)c1cccc(Cl)c1. The topological polar surface area (TPSA) is 40.5 Å². The maximum Gasteiger partial charge on any atom is 0.281 e. The molecule has 0 radical (unpaired) electrons. The lowest BCUT2D eigenvalue weighted by Gasteiger charge is -2.15. The number of carbonyl (C=O) groups is 1. The monoisotopic (exact) mass is 247 g/mol. The van der Waals surface area contributed by atoms with Gasteiger partial charge in [-0.05, 0) is 30.3 Å². The quantitative estimate of drug-likeness (QED) is 0.653. The standard InChI is InChI=1S/C13H10ClNO2/c14-11-7-4-8-12(9-11)15(17)13(16)10-5-2-1-3-6-10/h1-9,17H. The van der Waals surface area contributed by atoms with Crippen LogP contribution < -0.4 is 5.06 Å². The van der Waals surface area contributed by atoms with E-state index in [0.29, 0.717) is 21.3 Å². The van der Waals surface area contributed by atoms with Crippen LogP contribution in [0.2, 0.25) is 5.02 Å². The molecule has 0 saturated carbocycles. The Morgan fingerprint density at radius 2 is 1.76 bits per heavy atom. The van der Waals surface area contributed by atoms with Crippen LogP contribution >= 0.6 is 11.6 Å². The van der Waals surface area contributed by atoms with Gasteiger partial charge in [0.25, 0.3) is 5.91 Å². The number of nitrogens with zero attached hydrogens (tertiary/aromatic N) is 1. The molecule has 1 amide bonds. The Labute approximate surface area is 104 Å². The summed E-state index contributed by atoms with van der Waals surface area (Å²) in [5.41, 5.74) is 0.751. The molecule has 0 aliphatic carbocycles. The van der Waals surface area contributed by atoms with Gasteiger partial charge in [0.1, 0.15) is 0 Å². The zero-order valence-electron chi connectivity index (χ0n) is 8.88. The summed E-state index contributed by atoms with van der Waals surface area (Å²) in [6, 6.07) is 15.0. The molecule has 0 atom stereocenters. The third-order valence-electron chi connectivity index (χ3n) is 2.27. The zero-order chi connectivity index (χ0) is 12.3. The highest BCUT2D eigenvalue weighted by Gasteiger charge is 2.15. The van der Waals surface area contributed by atoms with Crippen LogP contribution in [0.5, 0.6) is 0 Å². The Morgan fingerprint density at radius 1 is 1.06 bits per heavy atom. The van der Waals surface area contributed by atoms with Gasteiger partial charge in [0, 0.05) is 10.6 Å². The number of benzene rings is 2. The minimum absolute atomic E-state index is 0.339. The van der Waals surface area contributed by atoms with Crippen molar-refractivity contribution in [3.63, 3.8) is 0 Å². The van der Waals surface area contributed by atoms with Crippen molar-refractivity contribution in [2.24, 2.45) is 0 Å². The lowest BCUT2D eigenvalue weighted by Crippen LogP contribution is -2.26. The van der Waals surface area contributed by atoms with E-state index in [9.17, 15) is 10.0 Å². The molecule has 0 spiro atoms. The predicted octanol–water partition coefficient (Wildman–Crippen LogP) is 3.38. The molecule has 0 aliphatic rings. The molecule has 0 bridgehead atoms. The second-order valence-corrected chi connectivity index (χ2v) is 3.90. The van der Waals surface area contributed by atoms with Gasteiger partial charge >= 0.3 is 0 Å². The first kappa shape index (κ1) is 11.6. The van der Waals surface area contributed by atoms with Crippen LogP contribution in [0.4, 0.5) is 5.69 Å². The van der Waals surface area contributed by atoms with Crippen molar-refractivity contribution in [3.05, 3.63) is 65.2 Å². The molecular weight excluding hydrogens is 238 g/mol. The molecule has 86 valence electrons. The van der Waals surface area contributed by atoms with E-state index >= 15 is 0 Å². The Balaban J connectivity index is 2.27. The van der Waals surface area contributed by atoms with Crippen molar-refractivity contribution in [2.45, 2.75) is 0 Å². The van der Waals surface area contributed by atoms with E-state index < -0.39 is 5.91 Å². The van der Waals surface area contributed by atoms with Gasteiger partial charge in [-0.3, -0.25) is 10.0 Å². The second kappa shape index (κ2) is 4.99. The summed E-state index contributed by atoms with van der Waals surface area (Å²) >= 11 is 5.79. The average molecular weight is 248 g/mol. The predicted molar refractivity (Wildman–Crippen MR) is 66.5 cm³/mol. The largest absolute Gasteiger partial charge is 0.281 e. The molecule has 1 N–H and O–H groups in total. The van der Waals surface area contributed by atoms with E-state index in [0.717, 1.165) is 0 Å². The molecule has 4 heteroatoms. The van der Waals surface area contributed by atoms with Gasteiger partial charge in [-0.2, -0.15) is 5.06 Å². The number of hydroxylamine groups is 1. The fraction of sp³-hybridized carbons (Fsp3) is 0. The van der Waals surface area contributed by atoms with Crippen LogP contribution in [0.1, 0.15) is 10.4 Å². The van der Waals surface area contributed by atoms with E-state index in [1.54, 1.807) is 48.5 Å². The maximum absolute atomic E-state index is 11.9.